The van der Waals surface area contributed by atoms with Crippen LogP contribution in [-0.2, 0) is 9.53 Å². The van der Waals surface area contributed by atoms with Gasteiger partial charge < -0.3 is 9.84 Å². The third kappa shape index (κ3) is 2.89. The lowest BCUT2D eigenvalue weighted by Gasteiger charge is -2.06. The predicted octanol–water partition coefficient (Wildman–Crippen LogP) is 0.855. The summed E-state index contributed by atoms with van der Waals surface area (Å²) in [6.45, 7) is 2.12. The third-order valence-electron chi connectivity index (χ3n) is 1.95. The summed E-state index contributed by atoms with van der Waals surface area (Å²) in [7, 11) is 0. The molecule has 0 spiro atoms. The van der Waals surface area contributed by atoms with Crippen LogP contribution in [-0.4, -0.2) is 23.3 Å². The van der Waals surface area contributed by atoms with Crippen LogP contribution in [0.5, 0.6) is 0 Å². The molecule has 1 rings (SSSR count). The lowest BCUT2D eigenvalue weighted by atomic mass is 10.2. The highest BCUT2D eigenvalue weighted by Crippen LogP contribution is 2.38. The van der Waals surface area contributed by atoms with Crippen molar-refractivity contribution in [2.45, 2.75) is 38.2 Å². The number of aliphatic hydroxyl groups is 1. The summed E-state index contributed by atoms with van der Waals surface area (Å²) in [5, 5.41) is 9.32. The van der Waals surface area contributed by atoms with E-state index in [2.05, 4.69) is 0 Å². The second-order valence-corrected chi connectivity index (χ2v) is 3.05. The molecule has 0 amide bonds. The van der Waals surface area contributed by atoms with Crippen molar-refractivity contribution >= 4 is 5.97 Å². The molecule has 0 atom stereocenters. The van der Waals surface area contributed by atoms with E-state index in [4.69, 9.17) is 4.74 Å². The summed E-state index contributed by atoms with van der Waals surface area (Å²) in [6.07, 6.45) is 2.73. The Balaban J connectivity index is 2.00. The maximum atomic E-state index is 10.6. The quantitative estimate of drug-likeness (QED) is 0.617. The van der Waals surface area contributed by atoms with Crippen molar-refractivity contribution in [2.75, 3.05) is 6.61 Å². The Bertz CT molecular complexity index is 149. The summed E-state index contributed by atoms with van der Waals surface area (Å²) >= 11 is 0. The average molecular weight is 158 g/mol. The molecule has 0 saturated heterocycles. The maximum absolute atomic E-state index is 10.6. The van der Waals surface area contributed by atoms with E-state index in [0.29, 0.717) is 19.4 Å². The van der Waals surface area contributed by atoms with E-state index in [-0.39, 0.29) is 5.97 Å². The van der Waals surface area contributed by atoms with Gasteiger partial charge in [-0.15, -0.1) is 0 Å². The molecule has 0 unspecified atom stereocenters. The van der Waals surface area contributed by atoms with Crippen LogP contribution in [0.25, 0.3) is 0 Å². The van der Waals surface area contributed by atoms with Gasteiger partial charge in [0.15, 0.2) is 0 Å². The molecule has 1 aliphatic rings. The van der Waals surface area contributed by atoms with Crippen LogP contribution in [0, 0.1) is 0 Å². The molecule has 0 radical (unpaired) electrons. The SMILES string of the molecule is CCC(=O)OCCC1(O)CC1. The molecule has 1 saturated carbocycles. The van der Waals surface area contributed by atoms with Crippen LogP contribution in [0.3, 0.4) is 0 Å². The first-order valence-electron chi connectivity index (χ1n) is 4.04. The second kappa shape index (κ2) is 3.22. The monoisotopic (exact) mass is 158 g/mol. The fourth-order valence-corrected chi connectivity index (χ4v) is 0.851. The van der Waals surface area contributed by atoms with Gasteiger partial charge in [-0.25, -0.2) is 0 Å². The number of ether oxygens (including phenoxy) is 1. The van der Waals surface area contributed by atoms with Crippen molar-refractivity contribution in [1.82, 2.24) is 0 Å². The molecule has 0 aromatic rings. The molecule has 1 N–H and O–H groups in total. The van der Waals surface area contributed by atoms with E-state index in [1.165, 1.54) is 0 Å². The van der Waals surface area contributed by atoms with E-state index < -0.39 is 5.60 Å². The Kier molecular flexibility index (Phi) is 2.49. The molecule has 0 bridgehead atoms. The molecule has 3 heteroatoms. The lowest BCUT2D eigenvalue weighted by molar-refractivity contribution is -0.144. The molecule has 0 aliphatic heterocycles. The van der Waals surface area contributed by atoms with Gasteiger partial charge in [-0.1, -0.05) is 6.92 Å². The zero-order valence-electron chi connectivity index (χ0n) is 6.80. The fraction of sp³-hybridized carbons (Fsp3) is 0.875. The minimum atomic E-state index is -0.492. The number of hydrogen-bond donors (Lipinski definition) is 1. The highest BCUT2D eigenvalue weighted by molar-refractivity contribution is 5.68. The summed E-state index contributed by atoms with van der Waals surface area (Å²) in [5.41, 5.74) is -0.492. The third-order valence-corrected chi connectivity index (χ3v) is 1.95. The van der Waals surface area contributed by atoms with Gasteiger partial charge in [0.05, 0.1) is 12.2 Å². The van der Waals surface area contributed by atoms with E-state index in [1.54, 1.807) is 6.92 Å². The van der Waals surface area contributed by atoms with Gasteiger partial charge in [0, 0.05) is 12.8 Å². The largest absolute Gasteiger partial charge is 0.466 e. The van der Waals surface area contributed by atoms with Crippen molar-refractivity contribution in [3.05, 3.63) is 0 Å². The van der Waals surface area contributed by atoms with Gasteiger partial charge in [0.25, 0.3) is 0 Å². The van der Waals surface area contributed by atoms with Crippen LogP contribution in [0.4, 0.5) is 0 Å². The van der Waals surface area contributed by atoms with Gasteiger partial charge in [0.1, 0.15) is 0 Å². The Morgan fingerprint density at radius 1 is 1.64 bits per heavy atom. The highest BCUT2D eigenvalue weighted by Gasteiger charge is 2.39. The van der Waals surface area contributed by atoms with E-state index in [1.807, 2.05) is 0 Å². The molecular weight excluding hydrogens is 144 g/mol. The summed E-state index contributed by atoms with van der Waals surface area (Å²) < 4.78 is 4.81. The van der Waals surface area contributed by atoms with Crippen LogP contribution < -0.4 is 0 Å². The van der Waals surface area contributed by atoms with Crippen LogP contribution >= 0.6 is 0 Å². The fourth-order valence-electron chi connectivity index (χ4n) is 0.851. The normalized spacial score (nSPS) is 19.5. The first kappa shape index (κ1) is 8.53. The maximum Gasteiger partial charge on any atom is 0.305 e. The standard InChI is InChI=1S/C8H14O3/c1-2-7(9)11-6-5-8(10)3-4-8/h10H,2-6H2,1H3. The molecule has 11 heavy (non-hydrogen) atoms. The smallest absolute Gasteiger partial charge is 0.305 e. The van der Waals surface area contributed by atoms with Crippen molar-refractivity contribution in [3.8, 4) is 0 Å². The van der Waals surface area contributed by atoms with Crippen molar-refractivity contribution < 1.29 is 14.6 Å². The van der Waals surface area contributed by atoms with Crippen LogP contribution in [0.15, 0.2) is 0 Å². The summed E-state index contributed by atoms with van der Waals surface area (Å²) in [5.74, 6) is -0.186. The molecule has 64 valence electrons. The van der Waals surface area contributed by atoms with E-state index in [9.17, 15) is 9.90 Å². The van der Waals surface area contributed by atoms with Crippen LogP contribution in [0.2, 0.25) is 0 Å². The zero-order valence-corrected chi connectivity index (χ0v) is 6.80. The number of rotatable bonds is 4. The van der Waals surface area contributed by atoms with Gasteiger partial charge in [0.2, 0.25) is 0 Å². The molecule has 0 aromatic carbocycles. The molecule has 0 aromatic heterocycles. The van der Waals surface area contributed by atoms with Crippen molar-refractivity contribution in [3.63, 3.8) is 0 Å². The van der Waals surface area contributed by atoms with Gasteiger partial charge >= 0.3 is 5.97 Å². The minimum absolute atomic E-state index is 0.186. The first-order valence-corrected chi connectivity index (χ1v) is 4.04. The molecular formula is C8H14O3. The highest BCUT2D eigenvalue weighted by atomic mass is 16.5. The topological polar surface area (TPSA) is 46.5 Å². The Hall–Kier alpha value is -0.570. The molecule has 0 heterocycles. The van der Waals surface area contributed by atoms with Gasteiger partial charge in [-0.05, 0) is 12.8 Å². The van der Waals surface area contributed by atoms with Crippen LogP contribution in [0.1, 0.15) is 32.6 Å². The van der Waals surface area contributed by atoms with Gasteiger partial charge in [-0.2, -0.15) is 0 Å². The minimum Gasteiger partial charge on any atom is -0.466 e. The number of carbonyl (C=O) groups is 1. The summed E-state index contributed by atoms with van der Waals surface area (Å²) in [4.78, 5) is 10.6. The van der Waals surface area contributed by atoms with Crippen molar-refractivity contribution in [2.24, 2.45) is 0 Å². The van der Waals surface area contributed by atoms with Gasteiger partial charge in [-0.3, -0.25) is 4.79 Å². The van der Waals surface area contributed by atoms with Crippen molar-refractivity contribution in [1.29, 1.82) is 0 Å². The average Bonchev–Trinajstić information content (AvgIpc) is 2.68. The number of carbonyl (C=O) groups excluding carboxylic acids is 1. The van der Waals surface area contributed by atoms with E-state index >= 15 is 0 Å². The first-order chi connectivity index (χ1) is 5.16. The Morgan fingerprint density at radius 3 is 2.73 bits per heavy atom. The number of esters is 1. The zero-order chi connectivity index (χ0) is 8.32. The molecule has 1 aliphatic carbocycles. The predicted molar refractivity (Wildman–Crippen MR) is 40.1 cm³/mol. The molecule has 3 nitrogen and oxygen atoms in total. The number of hydrogen-bond acceptors (Lipinski definition) is 3. The molecule has 1 fully saturated rings. The Morgan fingerprint density at radius 2 is 2.27 bits per heavy atom. The lowest BCUT2D eigenvalue weighted by Crippen LogP contribution is -2.13. The van der Waals surface area contributed by atoms with E-state index in [0.717, 1.165) is 12.8 Å². The second-order valence-electron chi connectivity index (χ2n) is 3.05. The summed E-state index contributed by atoms with van der Waals surface area (Å²) in [6, 6.07) is 0. The Labute approximate surface area is 66.4 Å².